The van der Waals surface area contributed by atoms with E-state index in [2.05, 4.69) is 6.92 Å². The molecule has 4 heteroatoms. The summed E-state index contributed by atoms with van der Waals surface area (Å²) in [7, 11) is 0. The second-order valence-electron chi connectivity index (χ2n) is 10.7. The minimum atomic E-state index is -0.913. The number of carbonyl (C=O) groups is 2. The highest BCUT2D eigenvalue weighted by atomic mass is 16.5. The zero-order valence-corrected chi connectivity index (χ0v) is 22.2. The Morgan fingerprint density at radius 3 is 1.59 bits per heavy atom. The van der Waals surface area contributed by atoms with Crippen LogP contribution in [0.15, 0.2) is 0 Å². The summed E-state index contributed by atoms with van der Waals surface area (Å²) in [6, 6.07) is 0. The van der Waals surface area contributed by atoms with Gasteiger partial charge in [0.25, 0.3) is 0 Å². The molecule has 0 aliphatic carbocycles. The van der Waals surface area contributed by atoms with Crippen molar-refractivity contribution in [1.29, 1.82) is 0 Å². The average molecular weight is 455 g/mol. The molecule has 190 valence electrons. The maximum Gasteiger partial charge on any atom is 0.312 e. The van der Waals surface area contributed by atoms with E-state index >= 15 is 0 Å². The highest BCUT2D eigenvalue weighted by Crippen LogP contribution is 2.42. The quantitative estimate of drug-likeness (QED) is 0.140. The molecule has 0 heterocycles. The predicted octanol–water partition coefficient (Wildman–Crippen LogP) is 8.42. The number of carboxylic acids is 1. The molecule has 0 amide bonds. The Balaban J connectivity index is 4.67. The molecule has 2 atom stereocenters. The van der Waals surface area contributed by atoms with Crippen LogP contribution < -0.4 is 0 Å². The van der Waals surface area contributed by atoms with Crippen LogP contribution in [0.25, 0.3) is 0 Å². The zero-order chi connectivity index (χ0) is 24.4. The first-order valence-corrected chi connectivity index (χ1v) is 13.6. The lowest BCUT2D eigenvalue weighted by Crippen LogP contribution is -2.44. The zero-order valence-electron chi connectivity index (χ0n) is 22.2. The van der Waals surface area contributed by atoms with Crippen LogP contribution in [0, 0.1) is 23.2 Å². The number of unbranched alkanes of at least 4 members (excludes halogenated alkanes) is 11. The summed E-state index contributed by atoms with van der Waals surface area (Å²) in [5.74, 6) is -1.37. The van der Waals surface area contributed by atoms with E-state index in [0.717, 1.165) is 12.8 Å². The molecule has 0 aliphatic rings. The first kappa shape index (κ1) is 30.9. The second kappa shape index (κ2) is 18.4. The van der Waals surface area contributed by atoms with Crippen LogP contribution in [0.1, 0.15) is 138 Å². The number of rotatable bonds is 21. The number of carboxylic acid groups (broad SMARTS) is 1. The van der Waals surface area contributed by atoms with Crippen LogP contribution in [0.3, 0.4) is 0 Å². The van der Waals surface area contributed by atoms with E-state index in [1.54, 1.807) is 0 Å². The molecule has 0 saturated carbocycles. The summed E-state index contributed by atoms with van der Waals surface area (Å²) in [6.07, 6.45) is 16.7. The number of ether oxygens (including phenoxy) is 1. The van der Waals surface area contributed by atoms with Gasteiger partial charge in [0.2, 0.25) is 0 Å². The molecule has 2 unspecified atom stereocenters. The van der Waals surface area contributed by atoms with Crippen LogP contribution in [0.4, 0.5) is 0 Å². The van der Waals surface area contributed by atoms with Gasteiger partial charge in [0.1, 0.15) is 0 Å². The maximum atomic E-state index is 13.2. The molecule has 0 bridgehead atoms. The molecule has 0 radical (unpaired) electrons. The molecular formula is C28H54O4. The predicted molar refractivity (Wildman–Crippen MR) is 135 cm³/mol. The van der Waals surface area contributed by atoms with E-state index in [4.69, 9.17) is 4.74 Å². The Labute approximate surface area is 199 Å². The highest BCUT2D eigenvalue weighted by molar-refractivity contribution is 5.84. The third-order valence-electron chi connectivity index (χ3n) is 6.73. The molecule has 32 heavy (non-hydrogen) atoms. The lowest BCUT2D eigenvalue weighted by molar-refractivity contribution is -0.170. The fourth-order valence-electron chi connectivity index (χ4n) is 4.69. The Kier molecular flexibility index (Phi) is 17.8. The molecule has 0 aromatic heterocycles. The van der Waals surface area contributed by atoms with E-state index in [1.807, 2.05) is 34.6 Å². The van der Waals surface area contributed by atoms with Gasteiger partial charge in [-0.2, -0.15) is 0 Å². The van der Waals surface area contributed by atoms with Crippen LogP contribution in [-0.2, 0) is 14.3 Å². The van der Waals surface area contributed by atoms with E-state index in [9.17, 15) is 14.7 Å². The van der Waals surface area contributed by atoms with Crippen LogP contribution in [0.5, 0.6) is 0 Å². The average Bonchev–Trinajstić information content (AvgIpc) is 2.74. The molecule has 0 aromatic carbocycles. The van der Waals surface area contributed by atoms with E-state index in [-0.39, 0.29) is 17.8 Å². The van der Waals surface area contributed by atoms with Gasteiger partial charge < -0.3 is 9.84 Å². The molecule has 0 aliphatic heterocycles. The Bertz CT molecular complexity index is 486. The smallest absolute Gasteiger partial charge is 0.312 e. The summed E-state index contributed by atoms with van der Waals surface area (Å²) in [4.78, 5) is 25.4. The van der Waals surface area contributed by atoms with Crippen LogP contribution in [0.2, 0.25) is 0 Å². The Morgan fingerprint density at radius 1 is 0.750 bits per heavy atom. The lowest BCUT2D eigenvalue weighted by Gasteiger charge is -2.37. The minimum absolute atomic E-state index is 0.224. The normalized spacial score (nSPS) is 14.5. The lowest BCUT2D eigenvalue weighted by atomic mass is 9.67. The monoisotopic (exact) mass is 454 g/mol. The summed E-state index contributed by atoms with van der Waals surface area (Å²) in [5, 5.41) is 10.00. The summed E-state index contributed by atoms with van der Waals surface area (Å²) in [6.45, 7) is 12.6. The van der Waals surface area contributed by atoms with Crippen molar-refractivity contribution in [3.8, 4) is 0 Å². The third-order valence-corrected chi connectivity index (χ3v) is 6.73. The van der Waals surface area contributed by atoms with Crippen molar-refractivity contribution in [1.82, 2.24) is 0 Å². The largest absolute Gasteiger partial charge is 0.481 e. The minimum Gasteiger partial charge on any atom is -0.481 e. The maximum absolute atomic E-state index is 13.2. The first-order valence-electron chi connectivity index (χ1n) is 13.6. The molecule has 0 fully saturated rings. The van der Waals surface area contributed by atoms with Gasteiger partial charge in [0.05, 0.1) is 17.9 Å². The van der Waals surface area contributed by atoms with Gasteiger partial charge in [0.15, 0.2) is 0 Å². The van der Waals surface area contributed by atoms with Gasteiger partial charge >= 0.3 is 11.9 Å². The van der Waals surface area contributed by atoms with Gasteiger partial charge in [-0.15, -0.1) is 0 Å². The topological polar surface area (TPSA) is 63.6 Å². The van der Waals surface area contributed by atoms with E-state index in [0.29, 0.717) is 25.9 Å². The van der Waals surface area contributed by atoms with Crippen molar-refractivity contribution < 1.29 is 19.4 Å². The SMILES string of the molecule is CCCCCCCCCCCCCCC(CC)(C(=O)OCC(C)C)C(CC(C)C)C(=O)O. The van der Waals surface area contributed by atoms with Crippen molar-refractivity contribution in [2.24, 2.45) is 23.2 Å². The molecule has 0 saturated heterocycles. The van der Waals surface area contributed by atoms with Crippen LogP contribution in [-0.4, -0.2) is 23.7 Å². The summed E-state index contributed by atoms with van der Waals surface area (Å²) in [5.41, 5.74) is -0.913. The van der Waals surface area contributed by atoms with E-state index in [1.165, 1.54) is 64.2 Å². The molecular weight excluding hydrogens is 400 g/mol. The molecule has 0 aromatic rings. The molecule has 0 spiro atoms. The number of aliphatic carboxylic acids is 1. The van der Waals surface area contributed by atoms with Gasteiger partial charge in [-0.1, -0.05) is 119 Å². The van der Waals surface area contributed by atoms with Crippen molar-refractivity contribution in [3.05, 3.63) is 0 Å². The second-order valence-corrected chi connectivity index (χ2v) is 10.7. The Hall–Kier alpha value is -1.06. The van der Waals surface area contributed by atoms with Crippen molar-refractivity contribution in [2.75, 3.05) is 6.61 Å². The van der Waals surface area contributed by atoms with Gasteiger partial charge in [0, 0.05) is 0 Å². The van der Waals surface area contributed by atoms with Crippen molar-refractivity contribution >= 4 is 11.9 Å². The van der Waals surface area contributed by atoms with Gasteiger partial charge in [-0.25, -0.2) is 0 Å². The fourth-order valence-corrected chi connectivity index (χ4v) is 4.69. The summed E-state index contributed by atoms with van der Waals surface area (Å²) < 4.78 is 5.63. The number of hydrogen-bond donors (Lipinski definition) is 1. The van der Waals surface area contributed by atoms with Crippen molar-refractivity contribution in [2.45, 2.75) is 138 Å². The molecule has 0 rings (SSSR count). The molecule has 4 nitrogen and oxygen atoms in total. The summed E-state index contributed by atoms with van der Waals surface area (Å²) >= 11 is 0. The Morgan fingerprint density at radius 2 is 1.22 bits per heavy atom. The van der Waals surface area contributed by atoms with Gasteiger partial charge in [-0.05, 0) is 31.1 Å². The van der Waals surface area contributed by atoms with Crippen LogP contribution >= 0.6 is 0 Å². The fraction of sp³-hybridized carbons (Fsp3) is 0.929. The number of esters is 1. The van der Waals surface area contributed by atoms with Gasteiger partial charge in [-0.3, -0.25) is 9.59 Å². The highest BCUT2D eigenvalue weighted by Gasteiger charge is 2.48. The first-order chi connectivity index (χ1) is 15.2. The number of carbonyl (C=O) groups excluding carboxylic acids is 1. The standard InChI is InChI=1S/C28H54O4/c1-7-9-10-11-12-13-14-15-16-17-18-19-20-28(8-2,27(31)32-22-24(5)6)25(26(29)30)21-23(3)4/h23-25H,7-22H2,1-6H3,(H,29,30). The van der Waals surface area contributed by atoms with Crippen molar-refractivity contribution in [3.63, 3.8) is 0 Å². The molecule has 1 N–H and O–H groups in total. The third kappa shape index (κ3) is 12.8. The number of hydrogen-bond acceptors (Lipinski definition) is 3. The van der Waals surface area contributed by atoms with E-state index < -0.39 is 17.3 Å².